The first kappa shape index (κ1) is 9.34. The molecule has 1 atom stereocenters. The van der Waals surface area contributed by atoms with Crippen molar-refractivity contribution in [1.82, 2.24) is 4.98 Å². The van der Waals surface area contributed by atoms with E-state index in [0.29, 0.717) is 0 Å². The van der Waals surface area contributed by atoms with E-state index in [2.05, 4.69) is 4.98 Å². The average molecular weight is 205 g/mol. The summed E-state index contributed by atoms with van der Waals surface area (Å²) < 4.78 is 1.15. The van der Waals surface area contributed by atoms with Crippen molar-refractivity contribution in [2.75, 3.05) is 0 Å². The van der Waals surface area contributed by atoms with Crippen LogP contribution in [0.25, 0.3) is 10.2 Å². The van der Waals surface area contributed by atoms with Crippen molar-refractivity contribution in [3.8, 4) is 0 Å². The Morgan fingerprint density at radius 3 is 2.79 bits per heavy atom. The Kier molecular flexibility index (Phi) is 2.33. The lowest BCUT2D eigenvalue weighted by Gasteiger charge is -2.00. The summed E-state index contributed by atoms with van der Waals surface area (Å²) in [6.07, 6.45) is 0. The number of carbonyl (C=O) groups excluding carboxylic acids is 1. The molecule has 0 aliphatic rings. The molecule has 0 radical (unpaired) electrons. The monoisotopic (exact) mass is 205 g/mol. The molecule has 0 saturated carbocycles. The SMILES string of the molecule is CC(=O)[C@H](C)c1nc2ccccc2s1. The second kappa shape index (κ2) is 3.50. The summed E-state index contributed by atoms with van der Waals surface area (Å²) in [5.41, 5.74) is 0.987. The summed E-state index contributed by atoms with van der Waals surface area (Å²) in [5.74, 6) is 0.0939. The number of nitrogens with zero attached hydrogens (tertiary/aromatic N) is 1. The maximum atomic E-state index is 11.2. The summed E-state index contributed by atoms with van der Waals surface area (Å²) in [7, 11) is 0. The number of thiazole rings is 1. The van der Waals surface area contributed by atoms with Gasteiger partial charge in [0.2, 0.25) is 0 Å². The first-order chi connectivity index (χ1) is 6.68. The van der Waals surface area contributed by atoms with Gasteiger partial charge in [-0.1, -0.05) is 12.1 Å². The number of rotatable bonds is 2. The molecule has 1 aromatic heterocycles. The van der Waals surface area contributed by atoms with Gasteiger partial charge in [0.05, 0.1) is 16.1 Å². The van der Waals surface area contributed by atoms with Crippen molar-refractivity contribution in [3.05, 3.63) is 29.3 Å². The summed E-state index contributed by atoms with van der Waals surface area (Å²) >= 11 is 1.60. The summed E-state index contributed by atoms with van der Waals surface area (Å²) in [6, 6.07) is 7.96. The molecule has 0 aliphatic heterocycles. The van der Waals surface area contributed by atoms with E-state index >= 15 is 0 Å². The Bertz CT molecular complexity index is 442. The molecule has 72 valence electrons. The number of benzene rings is 1. The molecule has 0 fully saturated rings. The van der Waals surface area contributed by atoms with Gasteiger partial charge in [-0.3, -0.25) is 4.79 Å². The lowest BCUT2D eigenvalue weighted by molar-refractivity contribution is -0.118. The Labute approximate surface area is 86.6 Å². The number of Topliss-reactive ketones (excluding diaryl/α,β-unsaturated/α-hetero) is 1. The summed E-state index contributed by atoms with van der Waals surface area (Å²) in [5, 5.41) is 0.915. The van der Waals surface area contributed by atoms with Gasteiger partial charge in [-0.05, 0) is 26.0 Å². The van der Waals surface area contributed by atoms with E-state index in [1.165, 1.54) is 0 Å². The van der Waals surface area contributed by atoms with Gasteiger partial charge in [0.25, 0.3) is 0 Å². The Morgan fingerprint density at radius 2 is 2.14 bits per heavy atom. The topological polar surface area (TPSA) is 30.0 Å². The highest BCUT2D eigenvalue weighted by molar-refractivity contribution is 7.18. The first-order valence-electron chi connectivity index (χ1n) is 4.54. The number of ketones is 1. The van der Waals surface area contributed by atoms with E-state index in [0.717, 1.165) is 15.2 Å². The number of hydrogen-bond donors (Lipinski definition) is 0. The van der Waals surface area contributed by atoms with Crippen molar-refractivity contribution >= 4 is 27.3 Å². The van der Waals surface area contributed by atoms with Crippen LogP contribution in [0.2, 0.25) is 0 Å². The fraction of sp³-hybridized carbons (Fsp3) is 0.273. The van der Waals surface area contributed by atoms with Crippen LogP contribution in [0.1, 0.15) is 24.8 Å². The van der Waals surface area contributed by atoms with Crippen molar-refractivity contribution in [2.24, 2.45) is 0 Å². The van der Waals surface area contributed by atoms with Gasteiger partial charge in [0.1, 0.15) is 10.8 Å². The van der Waals surface area contributed by atoms with E-state index in [1.54, 1.807) is 18.3 Å². The van der Waals surface area contributed by atoms with Gasteiger partial charge < -0.3 is 0 Å². The largest absolute Gasteiger partial charge is 0.299 e. The molecule has 0 bridgehead atoms. The van der Waals surface area contributed by atoms with Crippen molar-refractivity contribution in [3.63, 3.8) is 0 Å². The molecule has 1 aromatic carbocycles. The van der Waals surface area contributed by atoms with Gasteiger partial charge in [0.15, 0.2) is 0 Å². The molecular formula is C11H11NOS. The smallest absolute Gasteiger partial charge is 0.139 e. The van der Waals surface area contributed by atoms with E-state index in [1.807, 2.05) is 31.2 Å². The maximum Gasteiger partial charge on any atom is 0.139 e. The lowest BCUT2D eigenvalue weighted by Crippen LogP contribution is -2.03. The standard InChI is InChI=1S/C11H11NOS/c1-7(8(2)13)11-12-9-5-3-4-6-10(9)14-11/h3-7H,1-2H3/t7-/m0/s1. The highest BCUT2D eigenvalue weighted by atomic mass is 32.1. The zero-order valence-electron chi connectivity index (χ0n) is 8.15. The van der Waals surface area contributed by atoms with Gasteiger partial charge in [-0.15, -0.1) is 11.3 Å². The number of fused-ring (bicyclic) bond motifs is 1. The molecule has 0 amide bonds. The minimum absolute atomic E-state index is 0.0765. The predicted molar refractivity (Wildman–Crippen MR) is 58.7 cm³/mol. The quantitative estimate of drug-likeness (QED) is 0.754. The molecule has 2 nitrogen and oxygen atoms in total. The molecule has 2 aromatic rings. The maximum absolute atomic E-state index is 11.2. The van der Waals surface area contributed by atoms with Crippen LogP contribution in [0.5, 0.6) is 0 Å². The van der Waals surface area contributed by atoms with E-state index in [9.17, 15) is 4.79 Å². The fourth-order valence-corrected chi connectivity index (χ4v) is 2.33. The molecule has 0 aliphatic carbocycles. The second-order valence-corrected chi connectivity index (χ2v) is 4.41. The number of aromatic nitrogens is 1. The van der Waals surface area contributed by atoms with E-state index in [4.69, 9.17) is 0 Å². The second-order valence-electron chi connectivity index (χ2n) is 3.35. The number of para-hydroxylation sites is 1. The van der Waals surface area contributed by atoms with Crippen LogP contribution in [0, 0.1) is 0 Å². The predicted octanol–water partition coefficient (Wildman–Crippen LogP) is 2.99. The van der Waals surface area contributed by atoms with Crippen LogP contribution >= 0.6 is 11.3 Å². The van der Waals surface area contributed by atoms with Crippen molar-refractivity contribution < 1.29 is 4.79 Å². The Morgan fingerprint density at radius 1 is 1.43 bits per heavy atom. The van der Waals surface area contributed by atoms with E-state index < -0.39 is 0 Å². The van der Waals surface area contributed by atoms with Crippen LogP contribution in [0.15, 0.2) is 24.3 Å². The summed E-state index contributed by atoms with van der Waals surface area (Å²) in [4.78, 5) is 15.6. The minimum Gasteiger partial charge on any atom is -0.299 e. The lowest BCUT2D eigenvalue weighted by atomic mass is 10.1. The molecule has 0 N–H and O–H groups in total. The van der Waals surface area contributed by atoms with Crippen LogP contribution in [-0.2, 0) is 4.79 Å². The van der Waals surface area contributed by atoms with Crippen LogP contribution in [0.3, 0.4) is 0 Å². The Balaban J connectivity index is 2.50. The third kappa shape index (κ3) is 1.55. The zero-order chi connectivity index (χ0) is 10.1. The highest BCUT2D eigenvalue weighted by Gasteiger charge is 2.14. The molecule has 0 unspecified atom stereocenters. The van der Waals surface area contributed by atoms with Gasteiger partial charge in [-0.25, -0.2) is 4.98 Å². The minimum atomic E-state index is -0.0765. The highest BCUT2D eigenvalue weighted by Crippen LogP contribution is 2.27. The molecule has 3 heteroatoms. The van der Waals surface area contributed by atoms with E-state index in [-0.39, 0.29) is 11.7 Å². The van der Waals surface area contributed by atoms with Crippen molar-refractivity contribution in [2.45, 2.75) is 19.8 Å². The van der Waals surface area contributed by atoms with Gasteiger partial charge >= 0.3 is 0 Å². The number of hydrogen-bond acceptors (Lipinski definition) is 3. The van der Waals surface area contributed by atoms with Crippen LogP contribution in [0.4, 0.5) is 0 Å². The van der Waals surface area contributed by atoms with Gasteiger partial charge in [0, 0.05) is 0 Å². The van der Waals surface area contributed by atoms with Crippen LogP contribution in [-0.4, -0.2) is 10.8 Å². The third-order valence-corrected chi connectivity index (χ3v) is 3.51. The number of carbonyl (C=O) groups is 1. The molecular weight excluding hydrogens is 194 g/mol. The fourth-order valence-electron chi connectivity index (χ4n) is 1.25. The molecule has 0 spiro atoms. The third-order valence-electron chi connectivity index (χ3n) is 2.29. The molecule has 1 heterocycles. The summed E-state index contributed by atoms with van der Waals surface area (Å²) in [6.45, 7) is 3.51. The first-order valence-corrected chi connectivity index (χ1v) is 5.36. The average Bonchev–Trinajstić information content (AvgIpc) is 2.59. The van der Waals surface area contributed by atoms with Gasteiger partial charge in [-0.2, -0.15) is 0 Å². The normalized spacial score (nSPS) is 13.0. The van der Waals surface area contributed by atoms with Crippen molar-refractivity contribution in [1.29, 1.82) is 0 Å². The zero-order valence-corrected chi connectivity index (χ0v) is 8.97. The Hall–Kier alpha value is -1.22. The molecule has 2 rings (SSSR count). The molecule has 0 saturated heterocycles. The van der Waals surface area contributed by atoms with Crippen LogP contribution < -0.4 is 0 Å². The molecule has 14 heavy (non-hydrogen) atoms.